The number of anilines is 1. The predicted molar refractivity (Wildman–Crippen MR) is 60.3 cm³/mol. The molecule has 84 valence electrons. The van der Waals surface area contributed by atoms with E-state index in [0.717, 1.165) is 0 Å². The van der Waals surface area contributed by atoms with Gasteiger partial charge in [-0.1, -0.05) is 6.07 Å². The highest BCUT2D eigenvalue weighted by molar-refractivity contribution is 5.82. The Morgan fingerprint density at radius 2 is 2.31 bits per heavy atom. The fourth-order valence-electron chi connectivity index (χ4n) is 1.23. The van der Waals surface area contributed by atoms with Crippen LogP contribution >= 0.6 is 0 Å². The van der Waals surface area contributed by atoms with Gasteiger partial charge in [0, 0.05) is 7.05 Å². The number of nitrogens with zero attached hydrogens (tertiary/aromatic N) is 1. The van der Waals surface area contributed by atoms with E-state index in [0.29, 0.717) is 17.0 Å². The van der Waals surface area contributed by atoms with Gasteiger partial charge in [-0.3, -0.25) is 4.79 Å². The van der Waals surface area contributed by atoms with Crippen molar-refractivity contribution in [2.24, 2.45) is 0 Å². The Morgan fingerprint density at radius 3 is 2.88 bits per heavy atom. The number of nitrogens with one attached hydrogen (secondary N) is 2. The molecule has 0 bridgehead atoms. The number of nitriles is 1. The first-order valence-corrected chi connectivity index (χ1v) is 4.74. The SMILES string of the molecule is CNC(=O)CNc1c(C#N)cccc1OC. The molecule has 1 rings (SSSR count). The molecule has 1 amide bonds. The van der Waals surface area contributed by atoms with Crippen molar-refractivity contribution in [1.82, 2.24) is 5.32 Å². The van der Waals surface area contributed by atoms with Crippen LogP contribution < -0.4 is 15.4 Å². The lowest BCUT2D eigenvalue weighted by atomic mass is 10.2. The van der Waals surface area contributed by atoms with Crippen molar-refractivity contribution < 1.29 is 9.53 Å². The Morgan fingerprint density at radius 1 is 1.56 bits per heavy atom. The summed E-state index contributed by atoms with van der Waals surface area (Å²) in [4.78, 5) is 11.1. The van der Waals surface area contributed by atoms with E-state index >= 15 is 0 Å². The lowest BCUT2D eigenvalue weighted by Crippen LogP contribution is -2.26. The normalized spacial score (nSPS) is 9.06. The van der Waals surface area contributed by atoms with Crippen molar-refractivity contribution in [1.29, 1.82) is 5.26 Å². The maximum Gasteiger partial charge on any atom is 0.239 e. The second-order valence-electron chi connectivity index (χ2n) is 3.02. The minimum absolute atomic E-state index is 0.103. The van der Waals surface area contributed by atoms with Gasteiger partial charge in [0.15, 0.2) is 0 Å². The molecule has 0 heterocycles. The maximum atomic E-state index is 11.1. The summed E-state index contributed by atoms with van der Waals surface area (Å²) in [5, 5.41) is 14.3. The number of para-hydroxylation sites is 1. The predicted octanol–water partition coefficient (Wildman–Crippen LogP) is 0.725. The number of methoxy groups -OCH3 is 1. The summed E-state index contributed by atoms with van der Waals surface area (Å²) in [5.74, 6) is 0.387. The molecule has 0 aromatic heterocycles. The van der Waals surface area contributed by atoms with Crippen molar-refractivity contribution in [3.63, 3.8) is 0 Å². The molecule has 16 heavy (non-hydrogen) atoms. The van der Waals surface area contributed by atoms with Gasteiger partial charge in [-0.15, -0.1) is 0 Å². The molecule has 1 aromatic rings. The van der Waals surface area contributed by atoms with Gasteiger partial charge in [0.05, 0.1) is 24.9 Å². The van der Waals surface area contributed by atoms with E-state index in [-0.39, 0.29) is 12.5 Å². The van der Waals surface area contributed by atoms with E-state index in [9.17, 15) is 4.79 Å². The molecule has 0 radical (unpaired) electrons. The van der Waals surface area contributed by atoms with Gasteiger partial charge in [-0.25, -0.2) is 0 Å². The zero-order valence-electron chi connectivity index (χ0n) is 9.20. The zero-order valence-corrected chi connectivity index (χ0v) is 9.20. The third-order valence-electron chi connectivity index (χ3n) is 2.07. The zero-order chi connectivity index (χ0) is 12.0. The molecule has 5 nitrogen and oxygen atoms in total. The first-order chi connectivity index (χ1) is 7.72. The third kappa shape index (κ3) is 2.64. The molecule has 0 unspecified atom stereocenters. The number of benzene rings is 1. The molecule has 5 heteroatoms. The largest absolute Gasteiger partial charge is 0.495 e. The van der Waals surface area contributed by atoms with Crippen LogP contribution in [0.5, 0.6) is 5.75 Å². The standard InChI is InChI=1S/C11H13N3O2/c1-13-10(15)7-14-11-8(6-12)4-3-5-9(11)16-2/h3-5,14H,7H2,1-2H3,(H,13,15). The van der Waals surface area contributed by atoms with Gasteiger partial charge in [0.1, 0.15) is 11.8 Å². The lowest BCUT2D eigenvalue weighted by Gasteiger charge is -2.11. The van der Waals surface area contributed by atoms with Crippen LogP contribution in [0.2, 0.25) is 0 Å². The quantitative estimate of drug-likeness (QED) is 0.782. The van der Waals surface area contributed by atoms with Crippen LogP contribution in [0, 0.1) is 11.3 Å². The van der Waals surface area contributed by atoms with E-state index in [2.05, 4.69) is 10.6 Å². The van der Waals surface area contributed by atoms with Crippen LogP contribution in [-0.2, 0) is 4.79 Å². The summed E-state index contributed by atoms with van der Waals surface area (Å²) >= 11 is 0. The van der Waals surface area contributed by atoms with Crippen LogP contribution in [0.3, 0.4) is 0 Å². The van der Waals surface area contributed by atoms with Gasteiger partial charge >= 0.3 is 0 Å². The van der Waals surface area contributed by atoms with E-state index < -0.39 is 0 Å². The van der Waals surface area contributed by atoms with Crippen LogP contribution in [-0.4, -0.2) is 26.6 Å². The Hall–Kier alpha value is -2.22. The van der Waals surface area contributed by atoms with E-state index in [4.69, 9.17) is 10.00 Å². The summed E-state index contributed by atoms with van der Waals surface area (Å²) in [5.41, 5.74) is 0.986. The van der Waals surface area contributed by atoms with Crippen LogP contribution in [0.4, 0.5) is 5.69 Å². The van der Waals surface area contributed by atoms with Crippen LogP contribution in [0.15, 0.2) is 18.2 Å². The number of amides is 1. The monoisotopic (exact) mass is 219 g/mol. The molecule has 1 aromatic carbocycles. The summed E-state index contributed by atoms with van der Waals surface area (Å²) < 4.78 is 5.11. The molecule has 0 fully saturated rings. The number of rotatable bonds is 4. The van der Waals surface area contributed by atoms with Gasteiger partial charge in [0.25, 0.3) is 0 Å². The van der Waals surface area contributed by atoms with Crippen molar-refractivity contribution in [2.75, 3.05) is 26.0 Å². The summed E-state index contributed by atoms with van der Waals surface area (Å²) in [7, 11) is 3.07. The summed E-state index contributed by atoms with van der Waals surface area (Å²) in [6.07, 6.45) is 0. The Kier molecular flexibility index (Phi) is 4.16. The topological polar surface area (TPSA) is 74.2 Å². The minimum Gasteiger partial charge on any atom is -0.495 e. The molecule has 0 saturated carbocycles. The lowest BCUT2D eigenvalue weighted by molar-refractivity contribution is -0.118. The first-order valence-electron chi connectivity index (χ1n) is 4.74. The van der Waals surface area contributed by atoms with Gasteiger partial charge in [0.2, 0.25) is 5.91 Å². The van der Waals surface area contributed by atoms with Crippen molar-refractivity contribution >= 4 is 11.6 Å². The Balaban J connectivity index is 2.92. The molecule has 0 saturated heterocycles. The Labute approximate surface area is 94.0 Å². The number of hydrogen-bond donors (Lipinski definition) is 2. The summed E-state index contributed by atoms with van der Waals surface area (Å²) in [6.45, 7) is 0.103. The molecule has 0 atom stereocenters. The smallest absolute Gasteiger partial charge is 0.239 e. The number of ether oxygens (including phenoxy) is 1. The molecular weight excluding hydrogens is 206 g/mol. The number of hydrogen-bond acceptors (Lipinski definition) is 4. The molecule has 0 aliphatic rings. The first kappa shape index (κ1) is 11.9. The van der Waals surface area contributed by atoms with E-state index in [1.807, 2.05) is 6.07 Å². The average molecular weight is 219 g/mol. The van der Waals surface area contributed by atoms with Gasteiger partial charge < -0.3 is 15.4 Å². The molecule has 0 spiro atoms. The van der Waals surface area contributed by atoms with Gasteiger partial charge in [-0.2, -0.15) is 5.26 Å². The molecule has 0 aliphatic heterocycles. The fraction of sp³-hybridized carbons (Fsp3) is 0.273. The van der Waals surface area contributed by atoms with Crippen LogP contribution in [0.25, 0.3) is 0 Å². The van der Waals surface area contributed by atoms with Gasteiger partial charge in [-0.05, 0) is 12.1 Å². The average Bonchev–Trinajstić information content (AvgIpc) is 2.35. The number of likely N-dealkylation sites (N-methyl/N-ethyl adjacent to an activating group) is 1. The van der Waals surface area contributed by atoms with Crippen molar-refractivity contribution in [3.8, 4) is 11.8 Å². The number of carbonyl (C=O) groups is 1. The fourth-order valence-corrected chi connectivity index (χ4v) is 1.23. The second kappa shape index (κ2) is 5.61. The minimum atomic E-state index is -0.158. The number of carbonyl (C=O) groups excluding carboxylic acids is 1. The highest BCUT2D eigenvalue weighted by Gasteiger charge is 2.09. The van der Waals surface area contributed by atoms with Crippen LogP contribution in [0.1, 0.15) is 5.56 Å². The molecule has 2 N–H and O–H groups in total. The van der Waals surface area contributed by atoms with Crippen molar-refractivity contribution in [2.45, 2.75) is 0 Å². The highest BCUT2D eigenvalue weighted by Crippen LogP contribution is 2.27. The Bertz CT molecular complexity index is 424. The summed E-state index contributed by atoms with van der Waals surface area (Å²) in [6, 6.07) is 7.15. The third-order valence-corrected chi connectivity index (χ3v) is 2.07. The second-order valence-corrected chi connectivity index (χ2v) is 3.02. The van der Waals surface area contributed by atoms with Crippen molar-refractivity contribution in [3.05, 3.63) is 23.8 Å². The maximum absolute atomic E-state index is 11.1. The molecule has 0 aliphatic carbocycles. The van der Waals surface area contributed by atoms with E-state index in [1.165, 1.54) is 7.11 Å². The highest BCUT2D eigenvalue weighted by atomic mass is 16.5. The van der Waals surface area contributed by atoms with E-state index in [1.54, 1.807) is 25.2 Å². The molecular formula is C11H13N3O2.